The van der Waals surface area contributed by atoms with Gasteiger partial charge in [-0.1, -0.05) is 0 Å². The molecule has 0 amide bonds. The van der Waals surface area contributed by atoms with E-state index >= 15 is 0 Å². The molecule has 30 heavy (non-hydrogen) atoms. The number of benzene rings is 2. The van der Waals surface area contributed by atoms with E-state index in [1.165, 1.54) is 7.11 Å². The molecule has 0 saturated carbocycles. The number of anilines is 1. The van der Waals surface area contributed by atoms with Gasteiger partial charge in [0.15, 0.2) is 0 Å². The molecule has 4 rings (SSSR count). The molecule has 0 bridgehead atoms. The van der Waals surface area contributed by atoms with E-state index in [4.69, 9.17) is 15.2 Å². The highest BCUT2D eigenvalue weighted by molar-refractivity contribution is 8.14. The number of esters is 1. The second kappa shape index (κ2) is 8.53. The van der Waals surface area contributed by atoms with Gasteiger partial charge in [-0.3, -0.25) is 14.0 Å². The highest BCUT2D eigenvalue weighted by Crippen LogP contribution is 2.33. The summed E-state index contributed by atoms with van der Waals surface area (Å²) in [7, 11) is 0.353. The Bertz CT molecular complexity index is 1160. The number of rotatable bonds is 6. The van der Waals surface area contributed by atoms with Crippen LogP contribution in [-0.2, 0) is 20.3 Å². The Morgan fingerprint density at radius 3 is 2.73 bits per heavy atom. The average molecular weight is 444 g/mol. The molecule has 0 aliphatic carbocycles. The van der Waals surface area contributed by atoms with Crippen LogP contribution in [0.25, 0.3) is 10.9 Å². The monoisotopic (exact) mass is 443 g/mol. The fourth-order valence-electron chi connectivity index (χ4n) is 3.20. The summed E-state index contributed by atoms with van der Waals surface area (Å²) >= 11 is 1.60. The quantitative estimate of drug-likeness (QED) is 0.444. The first-order chi connectivity index (χ1) is 14.4. The SMILES string of the molecule is COC(=O)CC1CSC(c2cc3cc(Oc4ccc(S(C)=O)cc4)cc(N)c3[nH]2)=N1. The highest BCUT2D eigenvalue weighted by Gasteiger charge is 2.23. The van der Waals surface area contributed by atoms with Gasteiger partial charge < -0.3 is 20.2 Å². The third-order valence-electron chi connectivity index (χ3n) is 4.70. The third-order valence-corrected chi connectivity index (χ3v) is 6.78. The van der Waals surface area contributed by atoms with Crippen molar-refractivity contribution in [3.63, 3.8) is 0 Å². The van der Waals surface area contributed by atoms with E-state index < -0.39 is 10.8 Å². The molecular formula is C21H21N3O4S2. The first kappa shape index (κ1) is 20.5. The van der Waals surface area contributed by atoms with Crippen LogP contribution in [0.5, 0.6) is 11.5 Å². The first-order valence-electron chi connectivity index (χ1n) is 9.24. The Balaban J connectivity index is 1.56. The minimum Gasteiger partial charge on any atom is -0.469 e. The number of aromatic amines is 1. The summed E-state index contributed by atoms with van der Waals surface area (Å²) in [4.78, 5) is 20.2. The fourth-order valence-corrected chi connectivity index (χ4v) is 4.75. The summed E-state index contributed by atoms with van der Waals surface area (Å²) in [5, 5.41) is 1.76. The van der Waals surface area contributed by atoms with Crippen LogP contribution >= 0.6 is 11.8 Å². The molecule has 0 spiro atoms. The average Bonchev–Trinajstić information content (AvgIpc) is 3.35. The lowest BCUT2D eigenvalue weighted by atomic mass is 10.2. The number of nitrogens with zero attached hydrogens (tertiary/aromatic N) is 1. The number of fused-ring (bicyclic) bond motifs is 1. The number of H-pyrrole nitrogens is 1. The third kappa shape index (κ3) is 4.36. The van der Waals surface area contributed by atoms with Gasteiger partial charge in [-0.15, -0.1) is 11.8 Å². The number of ether oxygens (including phenoxy) is 2. The molecule has 9 heteroatoms. The van der Waals surface area contributed by atoms with E-state index in [1.807, 2.05) is 12.1 Å². The van der Waals surface area contributed by atoms with Crippen LogP contribution in [0.3, 0.4) is 0 Å². The largest absolute Gasteiger partial charge is 0.469 e. The Labute approximate surface area is 180 Å². The number of carbonyl (C=O) groups excluding carboxylic acids is 1. The minimum absolute atomic E-state index is 0.0828. The van der Waals surface area contributed by atoms with E-state index in [0.29, 0.717) is 17.2 Å². The zero-order chi connectivity index (χ0) is 21.3. The summed E-state index contributed by atoms with van der Waals surface area (Å²) in [6.45, 7) is 0. The molecule has 2 unspecified atom stereocenters. The lowest BCUT2D eigenvalue weighted by molar-refractivity contribution is -0.140. The van der Waals surface area contributed by atoms with Crippen molar-refractivity contribution in [1.82, 2.24) is 4.98 Å². The number of nitrogen functional groups attached to an aromatic ring is 1. The van der Waals surface area contributed by atoms with Gasteiger partial charge in [0, 0.05) is 39.2 Å². The van der Waals surface area contributed by atoms with Gasteiger partial charge >= 0.3 is 5.97 Å². The maximum atomic E-state index is 11.5. The van der Waals surface area contributed by atoms with Crippen LogP contribution in [0.2, 0.25) is 0 Å². The van der Waals surface area contributed by atoms with Gasteiger partial charge in [0.2, 0.25) is 0 Å². The minimum atomic E-state index is -1.03. The molecule has 0 fully saturated rings. The predicted octanol–water partition coefficient (Wildman–Crippen LogP) is 3.70. The van der Waals surface area contributed by atoms with Gasteiger partial charge in [-0.05, 0) is 36.4 Å². The van der Waals surface area contributed by atoms with Gasteiger partial charge in [0.25, 0.3) is 0 Å². The van der Waals surface area contributed by atoms with Crippen LogP contribution in [0.1, 0.15) is 12.1 Å². The molecule has 3 N–H and O–H groups in total. The maximum absolute atomic E-state index is 11.5. The number of methoxy groups -OCH3 is 1. The molecule has 2 atom stereocenters. The van der Waals surface area contributed by atoms with Crippen molar-refractivity contribution in [3.05, 3.63) is 48.2 Å². The Morgan fingerprint density at radius 2 is 2.03 bits per heavy atom. The van der Waals surface area contributed by atoms with E-state index in [2.05, 4.69) is 9.98 Å². The van der Waals surface area contributed by atoms with E-state index in [1.54, 1.807) is 48.3 Å². The number of nitrogens with two attached hydrogens (primary N) is 1. The second-order valence-corrected chi connectivity index (χ2v) is 9.26. The molecule has 156 valence electrons. The Morgan fingerprint density at radius 1 is 1.27 bits per heavy atom. The summed E-state index contributed by atoms with van der Waals surface area (Å²) in [5.74, 6) is 1.73. The molecular weight excluding hydrogens is 422 g/mol. The molecule has 7 nitrogen and oxygen atoms in total. The number of carbonyl (C=O) groups is 1. The number of nitrogens with one attached hydrogen (secondary N) is 1. The van der Waals surface area contributed by atoms with Crippen molar-refractivity contribution in [2.45, 2.75) is 17.4 Å². The lowest BCUT2D eigenvalue weighted by Gasteiger charge is -2.08. The van der Waals surface area contributed by atoms with Crippen molar-refractivity contribution in [2.24, 2.45) is 4.99 Å². The molecule has 3 aromatic rings. The van der Waals surface area contributed by atoms with Crippen LogP contribution in [0.4, 0.5) is 5.69 Å². The Hall–Kier alpha value is -2.78. The summed E-state index contributed by atoms with van der Waals surface area (Å²) in [6, 6.07) is 12.7. The summed E-state index contributed by atoms with van der Waals surface area (Å²) < 4.78 is 22.2. The number of aliphatic imine (C=N–C) groups is 1. The molecule has 1 aliphatic heterocycles. The zero-order valence-electron chi connectivity index (χ0n) is 16.5. The summed E-state index contributed by atoms with van der Waals surface area (Å²) in [5.41, 5.74) is 8.48. The van der Waals surface area contributed by atoms with Crippen molar-refractivity contribution >= 4 is 50.2 Å². The maximum Gasteiger partial charge on any atom is 0.307 e. The Kier molecular flexibility index (Phi) is 5.83. The predicted molar refractivity (Wildman–Crippen MR) is 121 cm³/mol. The lowest BCUT2D eigenvalue weighted by Crippen LogP contribution is -2.12. The molecule has 2 heterocycles. The van der Waals surface area contributed by atoms with Crippen molar-refractivity contribution in [1.29, 1.82) is 0 Å². The molecule has 1 aliphatic rings. The standard InChI is InChI=1S/C21H21N3O4S2/c1-27-19(25)9-13-11-29-21(23-13)18-8-12-7-15(10-17(22)20(12)24-18)28-14-3-5-16(6-4-14)30(2)26/h3-8,10,13,24H,9,11,22H2,1-2H3. The van der Waals surface area contributed by atoms with Crippen molar-refractivity contribution < 1.29 is 18.5 Å². The molecule has 2 aromatic carbocycles. The van der Waals surface area contributed by atoms with E-state index in [0.717, 1.165) is 32.3 Å². The first-order valence-corrected chi connectivity index (χ1v) is 11.8. The fraction of sp³-hybridized carbons (Fsp3) is 0.238. The van der Waals surface area contributed by atoms with Crippen LogP contribution in [0, 0.1) is 0 Å². The smallest absolute Gasteiger partial charge is 0.307 e. The van der Waals surface area contributed by atoms with Crippen LogP contribution in [-0.4, -0.2) is 45.4 Å². The van der Waals surface area contributed by atoms with Crippen molar-refractivity contribution in [3.8, 4) is 11.5 Å². The van der Waals surface area contributed by atoms with Gasteiger partial charge in [-0.2, -0.15) is 0 Å². The van der Waals surface area contributed by atoms with Crippen LogP contribution < -0.4 is 10.5 Å². The summed E-state index contributed by atoms with van der Waals surface area (Å²) in [6.07, 6.45) is 1.91. The van der Waals surface area contributed by atoms with Gasteiger partial charge in [0.05, 0.1) is 36.5 Å². The van der Waals surface area contributed by atoms with Crippen LogP contribution in [0.15, 0.2) is 52.4 Å². The topological polar surface area (TPSA) is 107 Å². The molecule has 0 radical (unpaired) electrons. The zero-order valence-corrected chi connectivity index (χ0v) is 18.1. The molecule has 1 aromatic heterocycles. The van der Waals surface area contributed by atoms with E-state index in [-0.39, 0.29) is 18.4 Å². The van der Waals surface area contributed by atoms with E-state index in [9.17, 15) is 9.00 Å². The van der Waals surface area contributed by atoms with Gasteiger partial charge in [0.1, 0.15) is 16.5 Å². The number of aromatic nitrogens is 1. The van der Waals surface area contributed by atoms with Crippen molar-refractivity contribution in [2.75, 3.05) is 24.9 Å². The number of thioether (sulfide) groups is 1. The number of hydrogen-bond acceptors (Lipinski definition) is 7. The normalized spacial score (nSPS) is 17.0. The van der Waals surface area contributed by atoms with Gasteiger partial charge in [-0.25, -0.2) is 0 Å². The molecule has 0 saturated heterocycles. The second-order valence-electron chi connectivity index (χ2n) is 6.87. The number of hydrogen-bond donors (Lipinski definition) is 2. The highest BCUT2D eigenvalue weighted by atomic mass is 32.2.